The van der Waals surface area contributed by atoms with Crippen LogP contribution in [0.3, 0.4) is 0 Å². The summed E-state index contributed by atoms with van der Waals surface area (Å²) in [4.78, 5) is 23.3. The topological polar surface area (TPSA) is 142 Å². The van der Waals surface area contributed by atoms with Gasteiger partial charge in [0, 0.05) is 0 Å². The Morgan fingerprint density at radius 2 is 1.75 bits per heavy atom. The van der Waals surface area contributed by atoms with Crippen molar-refractivity contribution in [2.45, 2.75) is 11.8 Å². The number of ether oxygens (including phenoxy) is 3. The summed E-state index contributed by atoms with van der Waals surface area (Å²) in [5.41, 5.74) is 0. The highest BCUT2D eigenvalue weighted by Crippen LogP contribution is 2.23. The molecule has 1 heterocycles. The molecule has 12 heteroatoms. The van der Waals surface area contributed by atoms with Crippen molar-refractivity contribution in [3.8, 4) is 17.8 Å². The van der Waals surface area contributed by atoms with Crippen LogP contribution in [0.4, 0.5) is 10.7 Å². The third kappa shape index (κ3) is 5.54. The van der Waals surface area contributed by atoms with Gasteiger partial charge in [-0.05, 0) is 19.1 Å². The zero-order valence-corrected chi connectivity index (χ0v) is 16.2. The molecule has 0 bridgehead atoms. The largest absolute Gasteiger partial charge is 0.488 e. The van der Waals surface area contributed by atoms with E-state index in [0.717, 1.165) is 0 Å². The minimum absolute atomic E-state index is 0.101. The number of amides is 2. The first-order valence-electron chi connectivity index (χ1n) is 7.90. The SMILES string of the molecule is CC=CCOc1ccccc1S(=O)(=O)NC(=O)Nc1nc(OC)nc(OC)n1. The minimum atomic E-state index is -4.22. The van der Waals surface area contributed by atoms with Gasteiger partial charge in [0.05, 0.1) is 14.2 Å². The molecule has 2 N–H and O–H groups in total. The molecular formula is C16H19N5O6S. The number of benzene rings is 1. The predicted molar refractivity (Wildman–Crippen MR) is 99.0 cm³/mol. The van der Waals surface area contributed by atoms with E-state index in [1.165, 1.54) is 32.4 Å². The molecule has 0 unspecified atom stereocenters. The molecule has 0 aliphatic carbocycles. The second kappa shape index (κ2) is 9.50. The van der Waals surface area contributed by atoms with E-state index < -0.39 is 16.1 Å². The molecule has 0 aliphatic rings. The van der Waals surface area contributed by atoms with E-state index in [-0.39, 0.29) is 35.2 Å². The fourth-order valence-corrected chi connectivity index (χ4v) is 2.96. The van der Waals surface area contributed by atoms with Crippen molar-refractivity contribution in [3.05, 3.63) is 36.4 Å². The summed E-state index contributed by atoms with van der Waals surface area (Å²) in [6.07, 6.45) is 3.48. The number of methoxy groups -OCH3 is 2. The Kier molecular flexibility index (Phi) is 7.09. The van der Waals surface area contributed by atoms with Crippen LogP contribution in [0.25, 0.3) is 0 Å². The van der Waals surface area contributed by atoms with Gasteiger partial charge in [-0.25, -0.2) is 17.9 Å². The number of urea groups is 1. The number of para-hydroxylation sites is 1. The van der Waals surface area contributed by atoms with Gasteiger partial charge >= 0.3 is 18.1 Å². The van der Waals surface area contributed by atoms with Crippen molar-refractivity contribution < 1.29 is 27.4 Å². The Bertz CT molecular complexity index is 941. The van der Waals surface area contributed by atoms with Gasteiger partial charge in [-0.2, -0.15) is 9.97 Å². The molecule has 2 rings (SSSR count). The summed E-state index contributed by atoms with van der Waals surface area (Å²) >= 11 is 0. The molecule has 2 aromatic rings. The van der Waals surface area contributed by atoms with Gasteiger partial charge in [0.2, 0.25) is 5.95 Å². The van der Waals surface area contributed by atoms with Crippen LogP contribution in [0, 0.1) is 0 Å². The van der Waals surface area contributed by atoms with Crippen LogP contribution in [0.15, 0.2) is 41.3 Å². The highest BCUT2D eigenvalue weighted by molar-refractivity contribution is 7.90. The molecule has 0 fully saturated rings. The Balaban J connectivity index is 2.17. The number of sulfonamides is 1. The van der Waals surface area contributed by atoms with Gasteiger partial charge in [-0.15, -0.1) is 4.98 Å². The van der Waals surface area contributed by atoms with E-state index in [2.05, 4.69) is 20.3 Å². The second-order valence-corrected chi connectivity index (χ2v) is 6.67. The summed E-state index contributed by atoms with van der Waals surface area (Å²) in [6.45, 7) is 1.99. The lowest BCUT2D eigenvalue weighted by atomic mass is 10.3. The predicted octanol–water partition coefficient (Wildman–Crippen LogP) is 1.35. The van der Waals surface area contributed by atoms with Crippen LogP contribution >= 0.6 is 0 Å². The van der Waals surface area contributed by atoms with Gasteiger partial charge < -0.3 is 14.2 Å². The van der Waals surface area contributed by atoms with Crippen LogP contribution in [0.1, 0.15) is 6.92 Å². The third-order valence-corrected chi connectivity index (χ3v) is 4.49. The zero-order chi connectivity index (χ0) is 20.6. The fraction of sp³-hybridized carbons (Fsp3) is 0.250. The molecule has 0 radical (unpaired) electrons. The van der Waals surface area contributed by atoms with Crippen LogP contribution in [0.2, 0.25) is 0 Å². The van der Waals surface area contributed by atoms with Crippen molar-refractivity contribution in [3.63, 3.8) is 0 Å². The highest BCUT2D eigenvalue weighted by atomic mass is 32.2. The van der Waals surface area contributed by atoms with Crippen molar-refractivity contribution in [1.82, 2.24) is 19.7 Å². The fourth-order valence-electron chi connectivity index (χ4n) is 1.91. The van der Waals surface area contributed by atoms with Crippen molar-refractivity contribution in [2.24, 2.45) is 0 Å². The Labute approximate surface area is 161 Å². The van der Waals surface area contributed by atoms with E-state index in [1.807, 2.05) is 11.6 Å². The first-order valence-corrected chi connectivity index (χ1v) is 9.38. The average molecular weight is 409 g/mol. The van der Waals surface area contributed by atoms with Crippen LogP contribution in [-0.4, -0.2) is 50.2 Å². The Morgan fingerprint density at radius 3 is 2.36 bits per heavy atom. The Morgan fingerprint density at radius 1 is 1.11 bits per heavy atom. The first-order chi connectivity index (χ1) is 13.4. The molecule has 150 valence electrons. The monoisotopic (exact) mass is 409 g/mol. The number of carbonyl (C=O) groups is 1. The van der Waals surface area contributed by atoms with Crippen LogP contribution in [0.5, 0.6) is 17.8 Å². The molecule has 0 spiro atoms. The zero-order valence-electron chi connectivity index (χ0n) is 15.4. The lowest BCUT2D eigenvalue weighted by Crippen LogP contribution is -2.35. The summed E-state index contributed by atoms with van der Waals surface area (Å²) < 4.78 is 42.1. The van der Waals surface area contributed by atoms with Crippen molar-refractivity contribution >= 4 is 22.0 Å². The standard InChI is InChI=1S/C16H19N5O6S/c1-4-5-10-27-11-8-6-7-9-12(11)28(23,24)21-14(22)17-13-18-15(25-2)20-16(19-13)26-3/h4-9H,10H2,1-3H3,(H2,17,18,19,20,21,22). The summed E-state index contributed by atoms with van der Waals surface area (Å²) in [6, 6.07) is 4.61. The number of carbonyl (C=O) groups excluding carboxylic acids is 1. The van der Waals surface area contributed by atoms with Gasteiger partial charge in [-0.3, -0.25) is 5.32 Å². The van der Waals surface area contributed by atoms with E-state index in [9.17, 15) is 13.2 Å². The van der Waals surface area contributed by atoms with Gasteiger partial charge in [0.25, 0.3) is 10.0 Å². The molecule has 0 saturated heterocycles. The minimum Gasteiger partial charge on any atom is -0.488 e. The smallest absolute Gasteiger partial charge is 0.335 e. The maximum Gasteiger partial charge on any atom is 0.335 e. The first kappa shape index (κ1) is 20.9. The van der Waals surface area contributed by atoms with Crippen LogP contribution in [-0.2, 0) is 10.0 Å². The number of hydrogen-bond donors (Lipinski definition) is 2. The average Bonchev–Trinajstić information content (AvgIpc) is 2.67. The molecule has 2 amide bonds. The molecule has 0 aliphatic heterocycles. The van der Waals surface area contributed by atoms with E-state index in [0.29, 0.717) is 0 Å². The number of hydrogen-bond acceptors (Lipinski definition) is 9. The molecule has 11 nitrogen and oxygen atoms in total. The van der Waals surface area contributed by atoms with Gasteiger partial charge in [0.1, 0.15) is 17.3 Å². The summed E-state index contributed by atoms with van der Waals surface area (Å²) in [5, 5.41) is 2.19. The van der Waals surface area contributed by atoms with Crippen molar-refractivity contribution in [1.29, 1.82) is 0 Å². The highest BCUT2D eigenvalue weighted by Gasteiger charge is 2.22. The maximum atomic E-state index is 12.6. The maximum absolute atomic E-state index is 12.6. The summed E-state index contributed by atoms with van der Waals surface area (Å²) in [5.74, 6) is -0.154. The molecule has 0 saturated carbocycles. The quantitative estimate of drug-likeness (QED) is 0.618. The van der Waals surface area contributed by atoms with Gasteiger partial charge in [0.15, 0.2) is 0 Å². The number of anilines is 1. The normalized spacial score (nSPS) is 11.1. The number of rotatable bonds is 8. The van der Waals surface area contributed by atoms with Crippen LogP contribution < -0.4 is 24.2 Å². The number of aromatic nitrogens is 3. The molecule has 28 heavy (non-hydrogen) atoms. The van der Waals surface area contributed by atoms with E-state index in [4.69, 9.17) is 14.2 Å². The molecule has 1 aromatic heterocycles. The number of nitrogens with zero attached hydrogens (tertiary/aromatic N) is 3. The van der Waals surface area contributed by atoms with Gasteiger partial charge in [-0.1, -0.05) is 24.3 Å². The third-order valence-electron chi connectivity index (χ3n) is 3.12. The van der Waals surface area contributed by atoms with E-state index >= 15 is 0 Å². The lowest BCUT2D eigenvalue weighted by Gasteiger charge is -2.12. The van der Waals surface area contributed by atoms with E-state index in [1.54, 1.807) is 18.2 Å². The molecular weight excluding hydrogens is 390 g/mol. The Hall–Kier alpha value is -3.41. The van der Waals surface area contributed by atoms with Crippen molar-refractivity contribution in [2.75, 3.05) is 26.1 Å². The lowest BCUT2D eigenvalue weighted by molar-refractivity contribution is 0.256. The molecule has 0 atom stereocenters. The number of nitrogens with one attached hydrogen (secondary N) is 2. The second-order valence-electron chi connectivity index (χ2n) is 5.02. The number of allylic oxidation sites excluding steroid dienone is 1. The molecule has 1 aromatic carbocycles. The summed E-state index contributed by atoms with van der Waals surface area (Å²) in [7, 11) is -1.60.